The fraction of sp³-hybridized carbons (Fsp3) is 0.211. The van der Waals surface area contributed by atoms with Gasteiger partial charge in [0.2, 0.25) is 5.91 Å². The van der Waals surface area contributed by atoms with Gasteiger partial charge >= 0.3 is 11.9 Å². The first-order valence-electron chi connectivity index (χ1n) is 8.26. The predicted octanol–water partition coefficient (Wildman–Crippen LogP) is 1.77. The molecule has 0 aliphatic carbocycles. The van der Waals surface area contributed by atoms with E-state index in [-0.39, 0.29) is 35.8 Å². The van der Waals surface area contributed by atoms with E-state index in [2.05, 4.69) is 5.32 Å². The second-order valence-electron chi connectivity index (χ2n) is 5.90. The molecule has 1 amide bonds. The summed E-state index contributed by atoms with van der Waals surface area (Å²) in [6.45, 7) is -0.262. The van der Waals surface area contributed by atoms with Crippen LogP contribution in [0.1, 0.15) is 10.4 Å². The van der Waals surface area contributed by atoms with Gasteiger partial charge in [-0.15, -0.1) is 0 Å². The number of para-hydroxylation sites is 2. The predicted molar refractivity (Wildman–Crippen MR) is 99.4 cm³/mol. The van der Waals surface area contributed by atoms with Crippen molar-refractivity contribution in [2.45, 2.75) is 0 Å². The zero-order chi connectivity index (χ0) is 20.3. The Bertz CT molecular complexity index is 942. The normalized spacial score (nSPS) is 12.6. The first kappa shape index (κ1) is 19.0. The lowest BCUT2D eigenvalue weighted by Crippen LogP contribution is -2.41. The highest BCUT2D eigenvalue weighted by molar-refractivity contribution is 6.03. The summed E-state index contributed by atoms with van der Waals surface area (Å²) in [6.07, 6.45) is 0. The van der Waals surface area contributed by atoms with Crippen molar-refractivity contribution in [3.05, 3.63) is 42.0 Å². The van der Waals surface area contributed by atoms with E-state index < -0.39 is 17.8 Å². The molecule has 28 heavy (non-hydrogen) atoms. The summed E-state index contributed by atoms with van der Waals surface area (Å²) in [5.74, 6) is -1.35. The van der Waals surface area contributed by atoms with Crippen molar-refractivity contribution in [2.24, 2.45) is 0 Å². The number of fused-ring (bicyclic) bond motifs is 1. The van der Waals surface area contributed by atoms with Gasteiger partial charge in [0.15, 0.2) is 17.2 Å². The SMILES string of the molecule is COc1cc(NC(=O)CN2CC(=O)Oc3ccccc32)c(C(=O)O)cc1OC. The highest BCUT2D eigenvalue weighted by Crippen LogP contribution is 2.34. The Morgan fingerprint density at radius 1 is 1.18 bits per heavy atom. The Hall–Kier alpha value is -3.75. The number of esters is 1. The molecule has 0 saturated carbocycles. The molecule has 0 saturated heterocycles. The van der Waals surface area contributed by atoms with Crippen LogP contribution in [0.5, 0.6) is 17.2 Å². The largest absolute Gasteiger partial charge is 0.493 e. The minimum Gasteiger partial charge on any atom is -0.493 e. The number of anilines is 2. The molecule has 2 aromatic carbocycles. The molecule has 0 bridgehead atoms. The van der Waals surface area contributed by atoms with Gasteiger partial charge in [0, 0.05) is 12.1 Å². The lowest BCUT2D eigenvalue weighted by atomic mass is 10.1. The fourth-order valence-electron chi connectivity index (χ4n) is 2.86. The number of carboxylic acids is 1. The first-order valence-corrected chi connectivity index (χ1v) is 8.26. The summed E-state index contributed by atoms with van der Waals surface area (Å²) in [4.78, 5) is 37.4. The van der Waals surface area contributed by atoms with Crippen LogP contribution < -0.4 is 24.4 Å². The Labute approximate surface area is 160 Å². The van der Waals surface area contributed by atoms with Crippen molar-refractivity contribution in [2.75, 3.05) is 37.5 Å². The second-order valence-corrected chi connectivity index (χ2v) is 5.90. The van der Waals surface area contributed by atoms with Gasteiger partial charge in [-0.3, -0.25) is 4.79 Å². The third kappa shape index (κ3) is 3.83. The topological polar surface area (TPSA) is 114 Å². The van der Waals surface area contributed by atoms with Gasteiger partial charge in [-0.05, 0) is 12.1 Å². The Morgan fingerprint density at radius 3 is 2.54 bits per heavy atom. The highest BCUT2D eigenvalue weighted by Gasteiger charge is 2.26. The second kappa shape index (κ2) is 7.87. The molecule has 0 spiro atoms. The lowest BCUT2D eigenvalue weighted by Gasteiger charge is -2.29. The van der Waals surface area contributed by atoms with Gasteiger partial charge in [0.05, 0.1) is 37.7 Å². The van der Waals surface area contributed by atoms with Gasteiger partial charge in [0.25, 0.3) is 0 Å². The van der Waals surface area contributed by atoms with Crippen molar-refractivity contribution in [1.29, 1.82) is 0 Å². The number of carboxylic acid groups (broad SMARTS) is 1. The molecular weight excluding hydrogens is 368 g/mol. The average molecular weight is 386 g/mol. The standard InChI is InChI=1S/C19H18N2O7/c1-26-15-7-11(19(24)25)12(8-16(15)27-2)20-17(22)9-21-10-18(23)28-14-6-4-3-5-13(14)21/h3-8H,9-10H2,1-2H3,(H,20,22)(H,24,25). The molecule has 3 rings (SSSR count). The number of ether oxygens (including phenoxy) is 3. The molecule has 9 nitrogen and oxygen atoms in total. The van der Waals surface area contributed by atoms with E-state index in [1.807, 2.05) is 0 Å². The molecule has 0 aromatic heterocycles. The van der Waals surface area contributed by atoms with Crippen molar-refractivity contribution in [3.8, 4) is 17.2 Å². The van der Waals surface area contributed by atoms with Crippen LogP contribution in [-0.2, 0) is 9.59 Å². The molecule has 146 valence electrons. The van der Waals surface area contributed by atoms with Crippen LogP contribution in [0.25, 0.3) is 0 Å². The number of amides is 1. The zero-order valence-electron chi connectivity index (χ0n) is 15.2. The maximum Gasteiger partial charge on any atom is 0.337 e. The van der Waals surface area contributed by atoms with Crippen LogP contribution in [0.2, 0.25) is 0 Å². The number of nitrogens with zero attached hydrogens (tertiary/aromatic N) is 1. The summed E-state index contributed by atoms with van der Waals surface area (Å²) >= 11 is 0. The molecule has 1 aliphatic heterocycles. The number of carbonyl (C=O) groups excluding carboxylic acids is 2. The molecule has 0 atom stereocenters. The van der Waals surface area contributed by atoms with E-state index in [9.17, 15) is 19.5 Å². The molecule has 2 aromatic rings. The summed E-state index contributed by atoms with van der Waals surface area (Å²) in [6, 6.07) is 9.49. The molecular formula is C19H18N2O7. The van der Waals surface area contributed by atoms with Crippen LogP contribution in [0.4, 0.5) is 11.4 Å². The third-order valence-electron chi connectivity index (χ3n) is 4.11. The van der Waals surface area contributed by atoms with Gasteiger partial charge in [-0.1, -0.05) is 12.1 Å². The van der Waals surface area contributed by atoms with Gasteiger partial charge in [0.1, 0.15) is 6.54 Å². The van der Waals surface area contributed by atoms with Gasteiger partial charge < -0.3 is 29.5 Å². The molecule has 9 heteroatoms. The van der Waals surface area contributed by atoms with Crippen LogP contribution in [0.15, 0.2) is 36.4 Å². The van der Waals surface area contributed by atoms with Crippen molar-refractivity contribution < 1.29 is 33.7 Å². The van der Waals surface area contributed by atoms with Crippen LogP contribution in [0, 0.1) is 0 Å². The fourth-order valence-corrected chi connectivity index (χ4v) is 2.86. The van der Waals surface area contributed by atoms with Crippen molar-refractivity contribution in [1.82, 2.24) is 0 Å². The van der Waals surface area contributed by atoms with Gasteiger partial charge in [-0.25, -0.2) is 9.59 Å². The number of methoxy groups -OCH3 is 2. The molecule has 0 radical (unpaired) electrons. The number of carbonyl (C=O) groups is 3. The lowest BCUT2D eigenvalue weighted by molar-refractivity contribution is -0.133. The molecule has 2 N–H and O–H groups in total. The first-order chi connectivity index (χ1) is 13.4. The average Bonchev–Trinajstić information content (AvgIpc) is 2.67. The quantitative estimate of drug-likeness (QED) is 0.570. The molecule has 0 unspecified atom stereocenters. The summed E-state index contributed by atoms with van der Waals surface area (Å²) in [7, 11) is 2.79. The van der Waals surface area contributed by atoms with Gasteiger partial charge in [-0.2, -0.15) is 0 Å². The molecule has 1 aliphatic rings. The maximum atomic E-state index is 12.6. The number of hydrogen-bond donors (Lipinski definition) is 2. The van der Waals surface area contributed by atoms with E-state index in [1.165, 1.54) is 26.4 Å². The van der Waals surface area contributed by atoms with E-state index in [1.54, 1.807) is 29.2 Å². The summed E-state index contributed by atoms with van der Waals surface area (Å²) in [5.41, 5.74) is 0.510. The van der Waals surface area contributed by atoms with Crippen LogP contribution >= 0.6 is 0 Å². The van der Waals surface area contributed by atoms with Crippen LogP contribution in [0.3, 0.4) is 0 Å². The highest BCUT2D eigenvalue weighted by atomic mass is 16.5. The van der Waals surface area contributed by atoms with E-state index in [4.69, 9.17) is 14.2 Å². The minimum absolute atomic E-state index is 0.0584. The number of nitrogens with one attached hydrogen (secondary N) is 1. The molecule has 1 heterocycles. The number of rotatable bonds is 6. The van der Waals surface area contributed by atoms with E-state index in [0.717, 1.165) is 0 Å². The van der Waals surface area contributed by atoms with E-state index >= 15 is 0 Å². The Kier molecular flexibility index (Phi) is 5.35. The number of benzene rings is 2. The van der Waals surface area contributed by atoms with Crippen molar-refractivity contribution in [3.63, 3.8) is 0 Å². The molecule has 0 fully saturated rings. The zero-order valence-corrected chi connectivity index (χ0v) is 15.2. The summed E-state index contributed by atoms with van der Waals surface area (Å²) < 4.78 is 15.4. The number of hydrogen-bond acceptors (Lipinski definition) is 7. The van der Waals surface area contributed by atoms with E-state index in [0.29, 0.717) is 11.4 Å². The monoisotopic (exact) mass is 386 g/mol. The van der Waals surface area contributed by atoms with Crippen molar-refractivity contribution >= 4 is 29.2 Å². The smallest absolute Gasteiger partial charge is 0.337 e. The third-order valence-corrected chi connectivity index (χ3v) is 4.11. The Morgan fingerprint density at radius 2 is 1.86 bits per heavy atom. The number of aromatic carboxylic acids is 1. The minimum atomic E-state index is -1.23. The Balaban J connectivity index is 1.84. The maximum absolute atomic E-state index is 12.6. The van der Waals surface area contributed by atoms with Crippen LogP contribution in [-0.4, -0.2) is 50.3 Å². The summed E-state index contributed by atoms with van der Waals surface area (Å²) in [5, 5.41) is 12.0.